The molecule has 3 nitrogen and oxygen atoms in total. The zero-order valence-corrected chi connectivity index (χ0v) is 12.1. The third-order valence-electron chi connectivity index (χ3n) is 4.54. The monoisotopic (exact) mass is 281 g/mol. The quantitative estimate of drug-likeness (QED) is 0.905. The van der Waals surface area contributed by atoms with Crippen molar-refractivity contribution in [3.8, 4) is 11.5 Å². The molecule has 0 radical (unpaired) electrons. The fraction of sp³-hybridized carbons (Fsp3) is 0.600. The van der Waals surface area contributed by atoms with Crippen molar-refractivity contribution >= 4 is 11.6 Å². The second kappa shape index (κ2) is 4.88. The Bertz CT molecular complexity index is 495. The van der Waals surface area contributed by atoms with E-state index in [0.29, 0.717) is 30.5 Å². The minimum Gasteiger partial charge on any atom is -0.486 e. The lowest BCUT2D eigenvalue weighted by Crippen LogP contribution is -2.33. The average molecular weight is 282 g/mol. The molecule has 0 amide bonds. The number of fused-ring (bicyclic) bond motifs is 1. The van der Waals surface area contributed by atoms with Gasteiger partial charge in [0.15, 0.2) is 11.5 Å². The van der Waals surface area contributed by atoms with Crippen molar-refractivity contribution in [3.05, 3.63) is 22.2 Å². The molecule has 0 atom stereocenters. The summed E-state index contributed by atoms with van der Waals surface area (Å²) in [5, 5.41) is 0.648. The average Bonchev–Trinajstić information content (AvgIpc) is 2.93. The maximum Gasteiger partial charge on any atom is 0.180 e. The van der Waals surface area contributed by atoms with Gasteiger partial charge in [-0.15, -0.1) is 0 Å². The normalized spacial score (nSPS) is 20.6. The van der Waals surface area contributed by atoms with Crippen LogP contribution in [0.15, 0.2) is 6.07 Å². The predicted molar refractivity (Wildman–Crippen MR) is 76.4 cm³/mol. The molecule has 0 spiro atoms. The van der Waals surface area contributed by atoms with Gasteiger partial charge >= 0.3 is 0 Å². The lowest BCUT2D eigenvalue weighted by molar-refractivity contribution is 0.170. The molecule has 0 saturated heterocycles. The number of halogens is 1. The number of ether oxygens (including phenoxy) is 2. The van der Waals surface area contributed by atoms with Gasteiger partial charge in [-0.25, -0.2) is 0 Å². The van der Waals surface area contributed by atoms with E-state index >= 15 is 0 Å². The van der Waals surface area contributed by atoms with Crippen molar-refractivity contribution in [3.63, 3.8) is 0 Å². The molecule has 0 bridgehead atoms. The fourth-order valence-electron chi connectivity index (χ4n) is 3.48. The molecule has 1 aliphatic heterocycles. The smallest absolute Gasteiger partial charge is 0.180 e. The second-order valence-corrected chi connectivity index (χ2v) is 5.98. The van der Waals surface area contributed by atoms with E-state index in [2.05, 4.69) is 6.92 Å². The summed E-state index contributed by atoms with van der Waals surface area (Å²) in [5.41, 5.74) is 8.55. The van der Waals surface area contributed by atoms with Crippen molar-refractivity contribution in [2.24, 2.45) is 5.73 Å². The third-order valence-corrected chi connectivity index (χ3v) is 4.82. The van der Waals surface area contributed by atoms with Crippen LogP contribution in [0.25, 0.3) is 0 Å². The summed E-state index contributed by atoms with van der Waals surface area (Å²) in [7, 11) is 0. The van der Waals surface area contributed by atoms with Crippen LogP contribution in [0.5, 0.6) is 11.5 Å². The summed E-state index contributed by atoms with van der Waals surface area (Å²) in [5.74, 6) is 1.51. The van der Waals surface area contributed by atoms with Crippen LogP contribution < -0.4 is 15.2 Å². The summed E-state index contributed by atoms with van der Waals surface area (Å²) in [6.07, 6.45) is 4.76. The highest BCUT2D eigenvalue weighted by molar-refractivity contribution is 6.32. The summed E-state index contributed by atoms with van der Waals surface area (Å²) in [6.45, 7) is 3.91. The van der Waals surface area contributed by atoms with E-state index in [9.17, 15) is 0 Å². The van der Waals surface area contributed by atoms with E-state index in [1.165, 1.54) is 18.4 Å². The van der Waals surface area contributed by atoms with E-state index in [4.69, 9.17) is 26.8 Å². The first-order valence-electron chi connectivity index (χ1n) is 6.97. The highest BCUT2D eigenvalue weighted by Crippen LogP contribution is 2.49. The first-order valence-corrected chi connectivity index (χ1v) is 7.35. The van der Waals surface area contributed by atoms with Gasteiger partial charge in [-0.3, -0.25) is 0 Å². The van der Waals surface area contributed by atoms with Crippen LogP contribution in [0.4, 0.5) is 0 Å². The molecule has 1 fully saturated rings. The Morgan fingerprint density at radius 3 is 2.47 bits per heavy atom. The Balaban J connectivity index is 2.14. The van der Waals surface area contributed by atoms with Crippen molar-refractivity contribution in [1.82, 2.24) is 0 Å². The van der Waals surface area contributed by atoms with E-state index in [1.54, 1.807) is 0 Å². The Morgan fingerprint density at radius 1 is 1.21 bits per heavy atom. The molecule has 1 saturated carbocycles. The Morgan fingerprint density at radius 2 is 1.84 bits per heavy atom. The molecule has 1 aromatic rings. The molecule has 19 heavy (non-hydrogen) atoms. The Kier molecular flexibility index (Phi) is 3.35. The van der Waals surface area contributed by atoms with Gasteiger partial charge in [-0.1, -0.05) is 24.4 Å². The zero-order chi connectivity index (χ0) is 13.5. The number of hydrogen-bond acceptors (Lipinski definition) is 3. The van der Waals surface area contributed by atoms with Crippen molar-refractivity contribution in [1.29, 1.82) is 0 Å². The van der Waals surface area contributed by atoms with E-state index in [0.717, 1.165) is 24.2 Å². The van der Waals surface area contributed by atoms with Gasteiger partial charge in [0.25, 0.3) is 0 Å². The van der Waals surface area contributed by atoms with Crippen molar-refractivity contribution < 1.29 is 9.47 Å². The standard InChI is InChI=1S/C15H20ClNO2/c1-10-11(15(9-17)4-2-3-5-15)8-12(16)14-13(10)18-6-7-19-14/h8H,2-7,9,17H2,1H3. The molecule has 4 heteroatoms. The molecule has 1 heterocycles. The molecule has 1 aromatic carbocycles. The predicted octanol–water partition coefficient (Wildman–Crippen LogP) is 3.19. The number of benzene rings is 1. The molecule has 3 rings (SSSR count). The highest BCUT2D eigenvalue weighted by atomic mass is 35.5. The summed E-state index contributed by atoms with van der Waals surface area (Å²) in [4.78, 5) is 0. The SMILES string of the molecule is Cc1c(C2(CN)CCCC2)cc(Cl)c2c1OCCO2. The maximum absolute atomic E-state index is 6.37. The first-order chi connectivity index (χ1) is 9.18. The number of rotatable bonds is 2. The first kappa shape index (κ1) is 13.1. The van der Waals surface area contributed by atoms with Crippen LogP contribution in [0, 0.1) is 6.92 Å². The van der Waals surface area contributed by atoms with E-state index < -0.39 is 0 Å². The largest absolute Gasteiger partial charge is 0.486 e. The summed E-state index contributed by atoms with van der Waals surface area (Å²) in [6, 6.07) is 2.04. The fourth-order valence-corrected chi connectivity index (χ4v) is 3.73. The number of hydrogen-bond donors (Lipinski definition) is 1. The van der Waals surface area contributed by atoms with Gasteiger partial charge in [-0.2, -0.15) is 0 Å². The molecular weight excluding hydrogens is 262 g/mol. The highest BCUT2D eigenvalue weighted by Gasteiger charge is 2.37. The van der Waals surface area contributed by atoms with Crippen LogP contribution in [0.2, 0.25) is 5.02 Å². The molecule has 1 aliphatic carbocycles. The van der Waals surface area contributed by atoms with Crippen LogP contribution in [0.1, 0.15) is 36.8 Å². The minimum atomic E-state index is 0.0730. The molecule has 0 aromatic heterocycles. The Labute approximate surface area is 119 Å². The van der Waals surface area contributed by atoms with Gasteiger partial charge in [-0.05, 0) is 37.0 Å². The number of nitrogens with two attached hydrogens (primary N) is 1. The molecule has 2 aliphatic rings. The van der Waals surface area contributed by atoms with Gasteiger partial charge in [0.1, 0.15) is 13.2 Å². The summed E-state index contributed by atoms with van der Waals surface area (Å²) >= 11 is 6.37. The second-order valence-electron chi connectivity index (χ2n) is 5.58. The van der Waals surface area contributed by atoms with E-state index in [-0.39, 0.29) is 5.41 Å². The topological polar surface area (TPSA) is 44.5 Å². The van der Waals surface area contributed by atoms with Crippen LogP contribution >= 0.6 is 11.6 Å². The van der Waals surface area contributed by atoms with E-state index in [1.807, 2.05) is 6.07 Å². The zero-order valence-electron chi connectivity index (χ0n) is 11.3. The summed E-state index contributed by atoms with van der Waals surface area (Å²) < 4.78 is 11.4. The Hall–Kier alpha value is -0.930. The van der Waals surface area contributed by atoms with Crippen LogP contribution in [-0.4, -0.2) is 19.8 Å². The van der Waals surface area contributed by atoms with Gasteiger partial charge < -0.3 is 15.2 Å². The van der Waals surface area contributed by atoms with Crippen molar-refractivity contribution in [2.75, 3.05) is 19.8 Å². The van der Waals surface area contributed by atoms with Gasteiger partial charge in [0, 0.05) is 12.0 Å². The van der Waals surface area contributed by atoms with Crippen LogP contribution in [-0.2, 0) is 5.41 Å². The lowest BCUT2D eigenvalue weighted by Gasteiger charge is -2.32. The van der Waals surface area contributed by atoms with Crippen molar-refractivity contribution in [2.45, 2.75) is 38.0 Å². The van der Waals surface area contributed by atoms with Gasteiger partial charge in [0.05, 0.1) is 5.02 Å². The van der Waals surface area contributed by atoms with Gasteiger partial charge in [0.2, 0.25) is 0 Å². The van der Waals surface area contributed by atoms with Crippen LogP contribution in [0.3, 0.4) is 0 Å². The molecule has 0 unspecified atom stereocenters. The molecule has 2 N–H and O–H groups in total. The third kappa shape index (κ3) is 2.00. The maximum atomic E-state index is 6.37. The minimum absolute atomic E-state index is 0.0730. The molecular formula is C15H20ClNO2. The lowest BCUT2D eigenvalue weighted by atomic mass is 9.76. The molecule has 104 valence electrons.